The van der Waals surface area contributed by atoms with Crippen molar-refractivity contribution in [1.29, 1.82) is 0 Å². The van der Waals surface area contributed by atoms with E-state index in [0.717, 1.165) is 13.1 Å². The predicted molar refractivity (Wildman–Crippen MR) is 220 cm³/mol. The average molecular weight is 823 g/mol. The molecule has 1 amide bonds. The van der Waals surface area contributed by atoms with Crippen molar-refractivity contribution in [3.8, 4) is 23.0 Å². The van der Waals surface area contributed by atoms with Crippen molar-refractivity contribution in [3.05, 3.63) is 52.8 Å². The van der Waals surface area contributed by atoms with Gasteiger partial charge in [0.15, 0.2) is 5.75 Å². The second-order valence-corrected chi connectivity index (χ2v) is 16.1. The molecule has 6 rings (SSSR count). The summed E-state index contributed by atoms with van der Waals surface area (Å²) in [5.74, 6) is -8.34. The van der Waals surface area contributed by atoms with Crippen molar-refractivity contribution in [2.45, 2.75) is 85.6 Å². The number of ether oxygens (including phenoxy) is 4. The number of fused-ring (bicyclic) bond motifs is 14. The van der Waals surface area contributed by atoms with E-state index in [1.165, 1.54) is 59.4 Å². The van der Waals surface area contributed by atoms with Crippen LogP contribution in [0.5, 0.6) is 23.0 Å². The molecule has 0 radical (unpaired) electrons. The number of Topliss-reactive ketones (excluding diaryl/α,β-unsaturated/α-hetero) is 1. The highest BCUT2D eigenvalue weighted by molar-refractivity contribution is 6.23. The minimum absolute atomic E-state index is 0.0559. The van der Waals surface area contributed by atoms with Gasteiger partial charge in [-0.3, -0.25) is 19.4 Å². The first-order valence-corrected chi connectivity index (χ1v) is 19.8. The standard InChI is InChI=1S/C43H58N4O12/c1-21-12-11-13-22(2)42(55)45-33-28(20-44-47-17-15-46(9)16-18-47)37(52)30-31(38(33)53)36(51)26(6)40-32(30)41(54)43(8,59-40)57-19-14-29(56-10)23(3)39(58-27(7)48)25(5)35(50)24(4)34(21)49/h11-14,19-21,23-25,29,34-35,39,49-53H,15-18H2,1-10H3,(H,45,55)/b12-11+,19-14+,22-13-,44-20?/t21?,23-,24-,25-,29+,34+,35-,39+,43+/m1/s1. The SMILES string of the molecule is CO[C@H]1/C=C/O[C@@]2(C)Oc3c(C)c(O)c4c(O)c(c(C=NN5CCN(C)CC5)c(O)c4c3C2=O)NC(=O)/C(C)=C\C=C\C(C)[C@H](O)[C@@H](C)[C@@H](O)[C@@H](C)[C@@H](OC(C)=O)[C@@H]1C. The summed E-state index contributed by atoms with van der Waals surface area (Å²) in [5.41, 5.74) is -0.350. The van der Waals surface area contributed by atoms with Crippen molar-refractivity contribution < 1.29 is 58.9 Å². The third kappa shape index (κ3) is 8.91. The zero-order valence-electron chi connectivity index (χ0n) is 35.3. The predicted octanol–water partition coefficient (Wildman–Crippen LogP) is 4.34. The van der Waals surface area contributed by atoms with E-state index in [1.807, 2.05) is 7.05 Å². The first kappa shape index (κ1) is 44.9. The molecule has 0 aliphatic carbocycles. The Morgan fingerprint density at radius 1 is 0.949 bits per heavy atom. The fraction of sp³-hybridized carbons (Fsp3) is 0.535. The first-order chi connectivity index (χ1) is 27.7. The average Bonchev–Trinajstić information content (AvgIpc) is 3.46. The number of amides is 1. The summed E-state index contributed by atoms with van der Waals surface area (Å²) in [6.07, 6.45) is 4.86. The van der Waals surface area contributed by atoms with Gasteiger partial charge in [0.2, 0.25) is 0 Å². The number of aromatic hydroxyl groups is 3. The number of anilines is 1. The lowest BCUT2D eigenvalue weighted by Crippen LogP contribution is -2.46. The number of ketones is 1. The number of piperazine rings is 1. The van der Waals surface area contributed by atoms with Gasteiger partial charge in [-0.05, 0) is 27.0 Å². The molecule has 0 saturated carbocycles. The number of likely N-dealkylation sites (N-methyl/N-ethyl adjacent to an activating group) is 1. The van der Waals surface area contributed by atoms with E-state index in [1.54, 1.807) is 44.9 Å². The summed E-state index contributed by atoms with van der Waals surface area (Å²) in [6, 6.07) is 0. The number of carbonyl (C=O) groups excluding carboxylic acids is 3. The van der Waals surface area contributed by atoms with Crippen molar-refractivity contribution in [3.63, 3.8) is 0 Å². The van der Waals surface area contributed by atoms with E-state index in [4.69, 9.17) is 18.9 Å². The second-order valence-electron chi connectivity index (χ2n) is 16.1. The maximum Gasteiger partial charge on any atom is 0.312 e. The van der Waals surface area contributed by atoms with Crippen LogP contribution in [0.2, 0.25) is 0 Å². The smallest absolute Gasteiger partial charge is 0.312 e. The van der Waals surface area contributed by atoms with Crippen LogP contribution in [0.4, 0.5) is 5.69 Å². The number of phenolic OH excluding ortho intramolecular Hbond substituents is 3. The fourth-order valence-corrected chi connectivity index (χ4v) is 7.92. The Bertz CT molecular complexity index is 2070. The molecule has 4 aliphatic heterocycles. The quantitative estimate of drug-likeness (QED) is 0.109. The normalized spacial score (nSPS) is 32.1. The van der Waals surface area contributed by atoms with Gasteiger partial charge in [0.25, 0.3) is 11.7 Å². The van der Waals surface area contributed by atoms with Gasteiger partial charge in [-0.2, -0.15) is 5.10 Å². The van der Waals surface area contributed by atoms with E-state index in [-0.39, 0.29) is 44.5 Å². The molecule has 2 aromatic rings. The molecule has 4 heterocycles. The largest absolute Gasteiger partial charge is 0.507 e. The van der Waals surface area contributed by atoms with Crippen LogP contribution in [0, 0.1) is 30.6 Å². The first-order valence-electron chi connectivity index (χ1n) is 19.8. The number of carbonyl (C=O) groups is 3. The third-order valence-electron chi connectivity index (χ3n) is 11.9. The monoisotopic (exact) mass is 822 g/mol. The van der Waals surface area contributed by atoms with Crippen LogP contribution in [0.15, 0.2) is 41.2 Å². The summed E-state index contributed by atoms with van der Waals surface area (Å²) in [6.45, 7) is 15.1. The highest BCUT2D eigenvalue weighted by Crippen LogP contribution is 2.55. The Morgan fingerprint density at radius 3 is 2.24 bits per heavy atom. The zero-order valence-corrected chi connectivity index (χ0v) is 35.3. The second kappa shape index (κ2) is 18.0. The van der Waals surface area contributed by atoms with Crippen LogP contribution in [0.3, 0.4) is 0 Å². The number of esters is 1. The lowest BCUT2D eigenvalue weighted by molar-refractivity contribution is -0.160. The molecular weight excluding hydrogens is 764 g/mol. The molecule has 5 bridgehead atoms. The number of aliphatic hydroxyl groups is 2. The Morgan fingerprint density at radius 2 is 1.61 bits per heavy atom. The van der Waals surface area contributed by atoms with Gasteiger partial charge in [-0.15, -0.1) is 0 Å². The molecule has 2 aromatic carbocycles. The van der Waals surface area contributed by atoms with Gasteiger partial charge < -0.3 is 54.7 Å². The molecule has 9 atom stereocenters. The molecule has 4 aliphatic rings. The van der Waals surface area contributed by atoms with Gasteiger partial charge >= 0.3 is 11.8 Å². The van der Waals surface area contributed by atoms with Gasteiger partial charge in [0, 0.05) is 87.3 Å². The molecular formula is C43H58N4O12. The number of hydrogen-bond donors (Lipinski definition) is 6. The lowest BCUT2D eigenvalue weighted by Gasteiger charge is -2.38. The van der Waals surface area contributed by atoms with Gasteiger partial charge in [0.05, 0.1) is 53.0 Å². The number of hydrazone groups is 1. The molecule has 16 nitrogen and oxygen atoms in total. The van der Waals surface area contributed by atoms with Crippen molar-refractivity contribution in [2.75, 3.05) is 45.7 Å². The molecule has 0 aromatic heterocycles. The van der Waals surface area contributed by atoms with E-state index in [0.29, 0.717) is 13.1 Å². The topological polar surface area (TPSA) is 220 Å². The van der Waals surface area contributed by atoms with Gasteiger partial charge in [0.1, 0.15) is 23.4 Å². The van der Waals surface area contributed by atoms with E-state index < -0.39 is 88.8 Å². The Kier molecular flexibility index (Phi) is 13.7. The molecule has 59 heavy (non-hydrogen) atoms. The highest BCUT2D eigenvalue weighted by atomic mass is 16.7. The summed E-state index contributed by atoms with van der Waals surface area (Å²) in [5, 5.41) is 66.8. The third-order valence-corrected chi connectivity index (χ3v) is 11.9. The molecule has 16 heteroatoms. The lowest BCUT2D eigenvalue weighted by atomic mass is 9.78. The Labute approximate surface area is 344 Å². The minimum atomic E-state index is -2.04. The summed E-state index contributed by atoms with van der Waals surface area (Å²) < 4.78 is 23.6. The van der Waals surface area contributed by atoms with Crippen molar-refractivity contribution in [2.24, 2.45) is 28.8 Å². The summed E-state index contributed by atoms with van der Waals surface area (Å²) in [7, 11) is 3.42. The number of allylic oxidation sites excluding steroid dienone is 2. The molecule has 322 valence electrons. The van der Waals surface area contributed by atoms with Crippen molar-refractivity contribution >= 4 is 40.3 Å². The number of hydrogen-bond acceptors (Lipinski definition) is 15. The number of nitrogens with zero attached hydrogens (tertiary/aromatic N) is 3. The fourth-order valence-electron chi connectivity index (χ4n) is 7.92. The van der Waals surface area contributed by atoms with E-state index in [2.05, 4.69) is 15.3 Å². The van der Waals surface area contributed by atoms with Crippen LogP contribution in [0.1, 0.15) is 70.0 Å². The zero-order chi connectivity index (χ0) is 43.7. The van der Waals surface area contributed by atoms with Crippen molar-refractivity contribution in [1.82, 2.24) is 9.91 Å². The number of phenols is 3. The maximum atomic E-state index is 14.4. The number of benzene rings is 2. The Balaban J connectivity index is 1.70. The van der Waals surface area contributed by atoms with Gasteiger partial charge in [-0.25, -0.2) is 0 Å². The number of methoxy groups -OCH3 is 1. The van der Waals surface area contributed by atoms with Crippen LogP contribution >= 0.6 is 0 Å². The van der Waals surface area contributed by atoms with Gasteiger partial charge in [-0.1, -0.05) is 45.9 Å². The molecule has 6 N–H and O–H groups in total. The number of aliphatic hydroxyl groups excluding tert-OH is 2. The Hall–Kier alpha value is -5.16. The number of rotatable bonds is 4. The highest BCUT2D eigenvalue weighted by Gasteiger charge is 2.50. The van der Waals surface area contributed by atoms with Crippen LogP contribution in [-0.2, 0) is 23.8 Å². The summed E-state index contributed by atoms with van der Waals surface area (Å²) in [4.78, 5) is 42.6. The van der Waals surface area contributed by atoms with Crippen LogP contribution < -0.4 is 10.1 Å². The van der Waals surface area contributed by atoms with Crippen LogP contribution in [-0.4, -0.2) is 130 Å². The van der Waals surface area contributed by atoms with Crippen LogP contribution in [0.25, 0.3) is 10.8 Å². The molecule has 1 fully saturated rings. The maximum absolute atomic E-state index is 14.4. The molecule has 1 unspecified atom stereocenters. The molecule has 0 spiro atoms. The molecule has 1 saturated heterocycles. The minimum Gasteiger partial charge on any atom is -0.507 e. The number of nitrogens with one attached hydrogen (secondary N) is 1. The summed E-state index contributed by atoms with van der Waals surface area (Å²) >= 11 is 0. The van der Waals surface area contributed by atoms with E-state index in [9.17, 15) is 39.9 Å². The van der Waals surface area contributed by atoms with E-state index >= 15 is 0 Å².